The Kier molecular flexibility index (Phi) is 3.14. The van der Waals surface area contributed by atoms with Gasteiger partial charge in [-0.05, 0) is 23.5 Å². The van der Waals surface area contributed by atoms with Crippen LogP contribution in [-0.4, -0.2) is 9.97 Å². The maximum absolute atomic E-state index is 4.68. The molecule has 0 fully saturated rings. The molecule has 17 heavy (non-hydrogen) atoms. The van der Waals surface area contributed by atoms with Crippen molar-refractivity contribution in [2.45, 2.75) is 46.0 Å². The summed E-state index contributed by atoms with van der Waals surface area (Å²) in [6, 6.07) is 6.28. The lowest BCUT2D eigenvalue weighted by Crippen LogP contribution is -2.12. The summed E-state index contributed by atoms with van der Waals surface area (Å²) in [6.45, 7) is 8.80. The second-order valence-corrected chi connectivity index (χ2v) is 5.53. The molecule has 0 amide bonds. The Morgan fingerprint density at radius 3 is 2.59 bits per heavy atom. The highest BCUT2D eigenvalue weighted by molar-refractivity contribution is 5.78. The van der Waals surface area contributed by atoms with Gasteiger partial charge in [0.25, 0.3) is 0 Å². The SMILES string of the molecule is CCCc1cnc2c(C(C)(C)C)cccc2n1. The molecule has 0 N–H and O–H groups in total. The van der Waals surface area contributed by atoms with Crippen LogP contribution in [0.1, 0.15) is 45.4 Å². The third-order valence-corrected chi connectivity index (χ3v) is 2.94. The predicted molar refractivity (Wildman–Crippen MR) is 72.2 cm³/mol. The molecule has 0 aliphatic rings. The lowest BCUT2D eigenvalue weighted by Gasteiger charge is -2.20. The Balaban J connectivity index is 2.59. The van der Waals surface area contributed by atoms with Crippen LogP contribution in [0.3, 0.4) is 0 Å². The van der Waals surface area contributed by atoms with E-state index in [9.17, 15) is 0 Å². The van der Waals surface area contributed by atoms with Crippen molar-refractivity contribution in [1.29, 1.82) is 0 Å². The molecule has 0 spiro atoms. The number of aromatic nitrogens is 2. The number of rotatable bonds is 2. The lowest BCUT2D eigenvalue weighted by molar-refractivity contribution is 0.594. The molecule has 2 aromatic rings. The molecule has 1 aromatic heterocycles. The number of para-hydroxylation sites is 1. The van der Waals surface area contributed by atoms with Crippen LogP contribution in [0.4, 0.5) is 0 Å². The molecule has 0 saturated heterocycles. The fraction of sp³-hybridized carbons (Fsp3) is 0.467. The van der Waals surface area contributed by atoms with Crippen molar-refractivity contribution < 1.29 is 0 Å². The molecule has 0 atom stereocenters. The summed E-state index contributed by atoms with van der Waals surface area (Å²) in [6.07, 6.45) is 4.03. The van der Waals surface area contributed by atoms with E-state index in [2.05, 4.69) is 55.9 Å². The number of benzene rings is 1. The van der Waals surface area contributed by atoms with E-state index in [-0.39, 0.29) is 5.41 Å². The van der Waals surface area contributed by atoms with Crippen molar-refractivity contribution in [3.63, 3.8) is 0 Å². The van der Waals surface area contributed by atoms with Gasteiger partial charge in [0, 0.05) is 6.20 Å². The first kappa shape index (κ1) is 12.0. The Morgan fingerprint density at radius 2 is 1.94 bits per heavy atom. The van der Waals surface area contributed by atoms with Crippen molar-refractivity contribution in [2.75, 3.05) is 0 Å². The van der Waals surface area contributed by atoms with Crippen LogP contribution >= 0.6 is 0 Å². The van der Waals surface area contributed by atoms with Gasteiger partial charge in [0.2, 0.25) is 0 Å². The molecule has 1 heterocycles. The van der Waals surface area contributed by atoms with Gasteiger partial charge in [0.05, 0.1) is 16.7 Å². The van der Waals surface area contributed by atoms with Crippen molar-refractivity contribution in [2.24, 2.45) is 0 Å². The van der Waals surface area contributed by atoms with E-state index in [0.717, 1.165) is 29.6 Å². The quantitative estimate of drug-likeness (QED) is 0.779. The second kappa shape index (κ2) is 4.44. The molecule has 2 rings (SSSR count). The van der Waals surface area contributed by atoms with Gasteiger partial charge in [-0.15, -0.1) is 0 Å². The number of nitrogens with zero attached hydrogens (tertiary/aromatic N) is 2. The topological polar surface area (TPSA) is 25.8 Å². The Labute approximate surface area is 103 Å². The van der Waals surface area contributed by atoms with E-state index >= 15 is 0 Å². The van der Waals surface area contributed by atoms with Crippen LogP contribution < -0.4 is 0 Å². The average Bonchev–Trinajstić information content (AvgIpc) is 2.27. The van der Waals surface area contributed by atoms with Crippen LogP contribution in [0.15, 0.2) is 24.4 Å². The van der Waals surface area contributed by atoms with Crippen LogP contribution in [0.5, 0.6) is 0 Å². The predicted octanol–water partition coefficient (Wildman–Crippen LogP) is 3.88. The van der Waals surface area contributed by atoms with E-state index in [1.807, 2.05) is 6.20 Å². The standard InChI is InChI=1S/C15H20N2/c1-5-7-11-10-16-14-12(15(2,3)4)8-6-9-13(14)17-11/h6,8-10H,5,7H2,1-4H3. The summed E-state index contributed by atoms with van der Waals surface area (Å²) in [5.41, 5.74) is 4.53. The molecule has 0 unspecified atom stereocenters. The summed E-state index contributed by atoms with van der Waals surface area (Å²) in [4.78, 5) is 9.28. The molecular weight excluding hydrogens is 208 g/mol. The Bertz CT molecular complexity index is 524. The van der Waals surface area contributed by atoms with Crippen molar-refractivity contribution in [3.05, 3.63) is 35.7 Å². The highest BCUT2D eigenvalue weighted by atomic mass is 14.8. The maximum Gasteiger partial charge on any atom is 0.0924 e. The van der Waals surface area contributed by atoms with Crippen LogP contribution in [0, 0.1) is 0 Å². The molecule has 0 radical (unpaired) electrons. The summed E-state index contributed by atoms with van der Waals surface area (Å²) in [5, 5.41) is 0. The summed E-state index contributed by atoms with van der Waals surface area (Å²) < 4.78 is 0. The van der Waals surface area contributed by atoms with Crippen LogP contribution in [0.25, 0.3) is 11.0 Å². The summed E-state index contributed by atoms with van der Waals surface area (Å²) in [7, 11) is 0. The van der Waals surface area contributed by atoms with E-state index in [0.29, 0.717) is 0 Å². The Morgan fingerprint density at radius 1 is 1.18 bits per heavy atom. The monoisotopic (exact) mass is 228 g/mol. The minimum atomic E-state index is 0.112. The van der Waals surface area contributed by atoms with Crippen LogP contribution in [0.2, 0.25) is 0 Å². The first-order chi connectivity index (χ1) is 8.02. The normalized spacial score (nSPS) is 12.0. The smallest absolute Gasteiger partial charge is 0.0924 e. The zero-order valence-electron chi connectivity index (χ0n) is 11.1. The van der Waals surface area contributed by atoms with Gasteiger partial charge in [0.1, 0.15) is 0 Å². The summed E-state index contributed by atoms with van der Waals surface area (Å²) >= 11 is 0. The van der Waals surface area contributed by atoms with Gasteiger partial charge in [-0.3, -0.25) is 4.98 Å². The molecule has 0 bridgehead atoms. The van der Waals surface area contributed by atoms with E-state index in [1.54, 1.807) is 0 Å². The molecule has 0 aliphatic heterocycles. The fourth-order valence-electron chi connectivity index (χ4n) is 2.06. The molecule has 0 saturated carbocycles. The molecule has 2 heteroatoms. The van der Waals surface area contributed by atoms with Gasteiger partial charge in [0.15, 0.2) is 0 Å². The van der Waals surface area contributed by atoms with Gasteiger partial charge in [-0.25, -0.2) is 4.98 Å². The summed E-state index contributed by atoms with van der Waals surface area (Å²) in [5.74, 6) is 0. The van der Waals surface area contributed by atoms with Gasteiger partial charge < -0.3 is 0 Å². The third kappa shape index (κ3) is 2.46. The lowest BCUT2D eigenvalue weighted by atomic mass is 9.86. The largest absolute Gasteiger partial charge is 0.252 e. The van der Waals surface area contributed by atoms with E-state index in [4.69, 9.17) is 0 Å². The zero-order chi connectivity index (χ0) is 12.5. The first-order valence-electron chi connectivity index (χ1n) is 6.27. The van der Waals surface area contributed by atoms with Crippen molar-refractivity contribution in [1.82, 2.24) is 9.97 Å². The number of aryl methyl sites for hydroxylation is 1. The minimum Gasteiger partial charge on any atom is -0.252 e. The van der Waals surface area contributed by atoms with Crippen molar-refractivity contribution in [3.8, 4) is 0 Å². The molecule has 0 aliphatic carbocycles. The van der Waals surface area contributed by atoms with Gasteiger partial charge in [-0.1, -0.05) is 46.2 Å². The molecule has 2 nitrogen and oxygen atoms in total. The number of hydrogen-bond acceptors (Lipinski definition) is 2. The fourth-order valence-corrected chi connectivity index (χ4v) is 2.06. The van der Waals surface area contributed by atoms with E-state index in [1.165, 1.54) is 5.56 Å². The number of hydrogen-bond donors (Lipinski definition) is 0. The van der Waals surface area contributed by atoms with Gasteiger partial charge in [-0.2, -0.15) is 0 Å². The minimum absolute atomic E-state index is 0.112. The number of fused-ring (bicyclic) bond motifs is 1. The highest BCUT2D eigenvalue weighted by Crippen LogP contribution is 2.27. The molecular formula is C15H20N2. The third-order valence-electron chi connectivity index (χ3n) is 2.94. The highest BCUT2D eigenvalue weighted by Gasteiger charge is 2.17. The van der Waals surface area contributed by atoms with Crippen LogP contribution in [-0.2, 0) is 11.8 Å². The van der Waals surface area contributed by atoms with E-state index < -0.39 is 0 Å². The Hall–Kier alpha value is -1.44. The molecule has 1 aromatic carbocycles. The second-order valence-electron chi connectivity index (χ2n) is 5.53. The molecule has 90 valence electrons. The zero-order valence-corrected chi connectivity index (χ0v) is 11.1. The average molecular weight is 228 g/mol. The van der Waals surface area contributed by atoms with Gasteiger partial charge >= 0.3 is 0 Å². The first-order valence-corrected chi connectivity index (χ1v) is 6.27. The van der Waals surface area contributed by atoms with Crippen molar-refractivity contribution >= 4 is 11.0 Å². The maximum atomic E-state index is 4.68.